The van der Waals surface area contributed by atoms with Gasteiger partial charge >= 0.3 is 12.0 Å². The number of ether oxygens (including phenoxy) is 1. The second kappa shape index (κ2) is 10.8. The molecule has 0 aliphatic heterocycles. The fourth-order valence-electron chi connectivity index (χ4n) is 1.96. The minimum absolute atomic E-state index is 0.112. The van der Waals surface area contributed by atoms with Crippen LogP contribution in [0.2, 0.25) is 0 Å². The number of hydrogen-bond acceptors (Lipinski definition) is 6. The van der Waals surface area contributed by atoms with Gasteiger partial charge in [0.15, 0.2) is 0 Å². The first-order chi connectivity index (χ1) is 11.9. The van der Waals surface area contributed by atoms with Gasteiger partial charge in [-0.1, -0.05) is 27.2 Å². The Hall–Kier alpha value is -1.96. The number of unbranched alkanes of at least 4 members (excludes halogenated alkanes) is 1. The molecule has 0 unspecified atom stereocenters. The monoisotopic (exact) mass is 369 g/mol. The summed E-state index contributed by atoms with van der Waals surface area (Å²) in [7, 11) is 1.62. The van der Waals surface area contributed by atoms with E-state index in [0.717, 1.165) is 23.5 Å². The quantitative estimate of drug-likeness (QED) is 0.389. The molecule has 140 valence electrons. The van der Waals surface area contributed by atoms with E-state index < -0.39 is 18.0 Å². The Kier molecular flexibility index (Phi) is 9.12. The largest absolute Gasteiger partial charge is 0.464 e. The van der Waals surface area contributed by atoms with Crippen molar-refractivity contribution in [2.24, 2.45) is 0 Å². The molecule has 25 heavy (non-hydrogen) atoms. The molecule has 0 aliphatic carbocycles. The SMILES string of the molecule is CCCCOC(=O)[C@H](CC=O)NC(=O)N(C)Cc1csc(C(C)C)n1. The number of esters is 1. The van der Waals surface area contributed by atoms with Crippen LogP contribution in [0.5, 0.6) is 0 Å². The highest BCUT2D eigenvalue weighted by molar-refractivity contribution is 7.09. The molecule has 1 aromatic rings. The van der Waals surface area contributed by atoms with Crippen LogP contribution in [0, 0.1) is 0 Å². The van der Waals surface area contributed by atoms with Gasteiger partial charge < -0.3 is 19.7 Å². The average Bonchev–Trinajstić information content (AvgIpc) is 3.03. The van der Waals surface area contributed by atoms with E-state index in [1.165, 1.54) is 4.90 Å². The van der Waals surface area contributed by atoms with E-state index in [0.29, 0.717) is 18.7 Å². The lowest BCUT2D eigenvalue weighted by Crippen LogP contribution is -2.47. The Morgan fingerprint density at radius 1 is 1.44 bits per heavy atom. The summed E-state index contributed by atoms with van der Waals surface area (Å²) >= 11 is 1.56. The van der Waals surface area contributed by atoms with Gasteiger partial charge in [0.1, 0.15) is 12.3 Å². The zero-order valence-corrected chi connectivity index (χ0v) is 16.1. The summed E-state index contributed by atoms with van der Waals surface area (Å²) in [6.45, 7) is 6.72. The van der Waals surface area contributed by atoms with Crippen LogP contribution in [-0.4, -0.2) is 47.9 Å². The van der Waals surface area contributed by atoms with E-state index in [-0.39, 0.29) is 13.0 Å². The Bertz CT molecular complexity index is 574. The molecule has 0 fully saturated rings. The average molecular weight is 369 g/mol. The van der Waals surface area contributed by atoms with E-state index in [1.807, 2.05) is 12.3 Å². The number of amides is 2. The van der Waals surface area contributed by atoms with Crippen molar-refractivity contribution in [3.63, 3.8) is 0 Å². The highest BCUT2D eigenvalue weighted by atomic mass is 32.1. The third-order valence-electron chi connectivity index (χ3n) is 3.47. The summed E-state index contributed by atoms with van der Waals surface area (Å²) in [5, 5.41) is 5.48. The molecule has 0 radical (unpaired) electrons. The Labute approximate surface area is 152 Å². The number of carbonyl (C=O) groups is 3. The lowest BCUT2D eigenvalue weighted by Gasteiger charge is -2.21. The van der Waals surface area contributed by atoms with Crippen LogP contribution in [-0.2, 0) is 20.9 Å². The molecule has 0 spiro atoms. The zero-order chi connectivity index (χ0) is 18.8. The molecule has 0 aromatic carbocycles. The third kappa shape index (κ3) is 7.21. The molecule has 2 amide bonds. The van der Waals surface area contributed by atoms with Gasteiger partial charge in [-0.3, -0.25) is 0 Å². The molecule has 7 nitrogen and oxygen atoms in total. The predicted molar refractivity (Wildman–Crippen MR) is 96.5 cm³/mol. The fraction of sp³-hybridized carbons (Fsp3) is 0.647. The first-order valence-corrected chi connectivity index (χ1v) is 9.33. The number of nitrogens with one attached hydrogen (secondary N) is 1. The van der Waals surface area contributed by atoms with Crippen molar-refractivity contribution in [2.45, 2.75) is 58.5 Å². The van der Waals surface area contributed by atoms with Gasteiger partial charge in [0.25, 0.3) is 0 Å². The maximum absolute atomic E-state index is 12.3. The van der Waals surface area contributed by atoms with Crippen molar-refractivity contribution in [1.29, 1.82) is 0 Å². The molecule has 1 N–H and O–H groups in total. The van der Waals surface area contributed by atoms with Gasteiger partial charge in [-0.25, -0.2) is 14.6 Å². The molecule has 1 heterocycles. The van der Waals surface area contributed by atoms with Crippen LogP contribution in [0.3, 0.4) is 0 Å². The van der Waals surface area contributed by atoms with Gasteiger partial charge in [-0.05, 0) is 6.42 Å². The zero-order valence-electron chi connectivity index (χ0n) is 15.3. The lowest BCUT2D eigenvalue weighted by atomic mass is 10.2. The number of thiazole rings is 1. The molecule has 8 heteroatoms. The summed E-state index contributed by atoms with van der Waals surface area (Å²) in [6, 6.07) is -1.41. The number of nitrogens with zero attached hydrogens (tertiary/aromatic N) is 2. The smallest absolute Gasteiger partial charge is 0.329 e. The first kappa shape index (κ1) is 21.1. The summed E-state index contributed by atoms with van der Waals surface area (Å²) in [5.41, 5.74) is 0.795. The molecule has 0 saturated heterocycles. The van der Waals surface area contributed by atoms with Crippen LogP contribution in [0.15, 0.2) is 5.38 Å². The standard InChI is InChI=1S/C17H27N3O4S/c1-5-6-9-24-16(22)14(7-8-21)19-17(23)20(4)10-13-11-25-15(18-13)12(2)3/h8,11-12,14H,5-7,9-10H2,1-4H3,(H,19,23)/t14-/m0/s1. The number of aldehydes is 1. The number of rotatable bonds is 10. The Morgan fingerprint density at radius 2 is 2.16 bits per heavy atom. The van der Waals surface area contributed by atoms with Crippen LogP contribution < -0.4 is 5.32 Å². The van der Waals surface area contributed by atoms with Crippen molar-refractivity contribution in [3.8, 4) is 0 Å². The minimum Gasteiger partial charge on any atom is -0.464 e. The van der Waals surface area contributed by atoms with Gasteiger partial charge in [-0.2, -0.15) is 0 Å². The molecule has 1 atom stereocenters. The first-order valence-electron chi connectivity index (χ1n) is 8.45. The van der Waals surface area contributed by atoms with E-state index in [4.69, 9.17) is 4.74 Å². The normalized spacial score (nSPS) is 11.9. The van der Waals surface area contributed by atoms with E-state index in [2.05, 4.69) is 24.1 Å². The van der Waals surface area contributed by atoms with E-state index in [1.54, 1.807) is 18.4 Å². The van der Waals surface area contributed by atoms with Crippen molar-refractivity contribution < 1.29 is 19.1 Å². The summed E-state index contributed by atoms with van der Waals surface area (Å²) in [5.74, 6) is -0.245. The maximum atomic E-state index is 12.3. The molecular formula is C17H27N3O4S. The molecule has 1 aromatic heterocycles. The maximum Gasteiger partial charge on any atom is 0.329 e. The molecule has 0 saturated carbocycles. The topological polar surface area (TPSA) is 88.6 Å². The Balaban J connectivity index is 2.59. The third-order valence-corrected chi connectivity index (χ3v) is 4.66. The second-order valence-electron chi connectivity index (χ2n) is 6.11. The van der Waals surface area contributed by atoms with Crippen LogP contribution in [0.4, 0.5) is 4.79 Å². The van der Waals surface area contributed by atoms with Gasteiger partial charge in [-0.15, -0.1) is 11.3 Å². The minimum atomic E-state index is -0.967. The van der Waals surface area contributed by atoms with Crippen molar-refractivity contribution in [1.82, 2.24) is 15.2 Å². The lowest BCUT2D eigenvalue weighted by molar-refractivity contribution is -0.146. The molecule has 0 bridgehead atoms. The summed E-state index contributed by atoms with van der Waals surface area (Å²) in [6.07, 6.45) is 2.13. The number of urea groups is 1. The van der Waals surface area contributed by atoms with Crippen LogP contribution in [0.25, 0.3) is 0 Å². The highest BCUT2D eigenvalue weighted by Gasteiger charge is 2.23. The predicted octanol–water partition coefficient (Wildman–Crippen LogP) is 2.71. The number of aromatic nitrogens is 1. The van der Waals surface area contributed by atoms with Crippen molar-refractivity contribution in [2.75, 3.05) is 13.7 Å². The summed E-state index contributed by atoms with van der Waals surface area (Å²) in [4.78, 5) is 40.9. The second-order valence-corrected chi connectivity index (χ2v) is 7.00. The number of carbonyl (C=O) groups excluding carboxylic acids is 3. The highest BCUT2D eigenvalue weighted by Crippen LogP contribution is 2.19. The number of hydrogen-bond donors (Lipinski definition) is 1. The fourth-order valence-corrected chi connectivity index (χ4v) is 2.79. The van der Waals surface area contributed by atoms with E-state index >= 15 is 0 Å². The van der Waals surface area contributed by atoms with Crippen molar-refractivity contribution in [3.05, 3.63) is 16.1 Å². The van der Waals surface area contributed by atoms with Gasteiger partial charge in [0.05, 0.1) is 23.9 Å². The Morgan fingerprint density at radius 3 is 2.72 bits per heavy atom. The van der Waals surface area contributed by atoms with E-state index in [9.17, 15) is 14.4 Å². The van der Waals surface area contributed by atoms with Crippen molar-refractivity contribution >= 4 is 29.6 Å². The molecular weight excluding hydrogens is 342 g/mol. The van der Waals surface area contributed by atoms with Gasteiger partial charge in [0.2, 0.25) is 0 Å². The van der Waals surface area contributed by atoms with Crippen LogP contribution >= 0.6 is 11.3 Å². The van der Waals surface area contributed by atoms with Crippen LogP contribution in [0.1, 0.15) is 56.7 Å². The van der Waals surface area contributed by atoms with Gasteiger partial charge in [0, 0.05) is 24.8 Å². The molecule has 1 rings (SSSR count). The summed E-state index contributed by atoms with van der Waals surface area (Å²) < 4.78 is 5.08. The molecule has 0 aliphatic rings.